The van der Waals surface area contributed by atoms with E-state index in [1.54, 1.807) is 0 Å². The van der Waals surface area contributed by atoms with Crippen LogP contribution in [0.3, 0.4) is 0 Å². The molecule has 4 rings (SSSR count). The molecule has 0 unspecified atom stereocenters. The number of nitrogens with one attached hydrogen (secondary N) is 2. The average molecular weight is 525 g/mol. The molecule has 0 saturated carbocycles. The van der Waals surface area contributed by atoms with Crippen LogP contribution in [0.15, 0.2) is 91.0 Å². The van der Waals surface area contributed by atoms with Gasteiger partial charge in [0.1, 0.15) is 0 Å². The van der Waals surface area contributed by atoms with Crippen molar-refractivity contribution in [2.75, 3.05) is 13.2 Å². The number of amides is 1. The van der Waals surface area contributed by atoms with Crippen LogP contribution < -0.4 is 10.6 Å². The van der Waals surface area contributed by atoms with Crippen molar-refractivity contribution < 1.29 is 14.6 Å². The van der Waals surface area contributed by atoms with Crippen molar-refractivity contribution in [1.29, 1.82) is 0 Å². The lowest BCUT2D eigenvalue weighted by Crippen LogP contribution is -2.46. The van der Waals surface area contributed by atoms with E-state index < -0.39 is 6.10 Å². The Bertz CT molecular complexity index is 1380. The van der Waals surface area contributed by atoms with E-state index in [9.17, 15) is 9.90 Å². The number of fused-ring (bicyclic) bond motifs is 1. The average Bonchev–Trinajstić information content (AvgIpc) is 2.93. The molecule has 0 aliphatic rings. The standard InChI is InChI=1S/C34H40N2O3/c1-24(32-11-7-8-12-33(32)29-17-13-26(14-18-29)21-35-25(2)37)39-23-31(38)22-36-34(3,4)20-27-15-16-28-9-5-6-10-30(28)19-27/h5-19,24,31,36,38H,20-23H2,1-4H3,(H,35,37)/t24-,31+/m1/s1. The van der Waals surface area contributed by atoms with Gasteiger partial charge in [0.25, 0.3) is 0 Å². The van der Waals surface area contributed by atoms with Crippen molar-refractivity contribution in [3.63, 3.8) is 0 Å². The van der Waals surface area contributed by atoms with E-state index in [-0.39, 0.29) is 24.2 Å². The lowest BCUT2D eigenvalue weighted by molar-refractivity contribution is -0.119. The molecule has 2 atom stereocenters. The Morgan fingerprint density at radius 2 is 1.56 bits per heavy atom. The van der Waals surface area contributed by atoms with E-state index in [1.807, 2.05) is 31.2 Å². The van der Waals surface area contributed by atoms with E-state index in [4.69, 9.17) is 4.74 Å². The molecule has 204 valence electrons. The van der Waals surface area contributed by atoms with Crippen molar-refractivity contribution in [3.8, 4) is 11.1 Å². The maximum atomic E-state index is 11.2. The molecular formula is C34H40N2O3. The summed E-state index contributed by atoms with van der Waals surface area (Å²) in [4.78, 5) is 11.2. The lowest BCUT2D eigenvalue weighted by Gasteiger charge is -2.28. The minimum atomic E-state index is -0.622. The summed E-state index contributed by atoms with van der Waals surface area (Å²) in [6, 6.07) is 31.4. The normalized spacial score (nSPS) is 13.3. The summed E-state index contributed by atoms with van der Waals surface area (Å²) in [6.07, 6.45) is 0.0581. The summed E-state index contributed by atoms with van der Waals surface area (Å²) >= 11 is 0. The topological polar surface area (TPSA) is 70.6 Å². The molecule has 39 heavy (non-hydrogen) atoms. The van der Waals surface area contributed by atoms with Gasteiger partial charge in [0, 0.05) is 25.6 Å². The molecule has 0 aromatic heterocycles. The Labute approximate surface area is 232 Å². The van der Waals surface area contributed by atoms with Gasteiger partial charge in [-0.05, 0) is 65.8 Å². The second-order valence-electron chi connectivity index (χ2n) is 10.9. The monoisotopic (exact) mass is 524 g/mol. The van der Waals surface area contributed by atoms with Gasteiger partial charge in [-0.2, -0.15) is 0 Å². The Hall–Kier alpha value is -3.51. The zero-order valence-electron chi connectivity index (χ0n) is 23.4. The van der Waals surface area contributed by atoms with Crippen LogP contribution in [0.1, 0.15) is 50.5 Å². The number of ether oxygens (including phenoxy) is 1. The molecule has 0 heterocycles. The van der Waals surface area contributed by atoms with Crippen molar-refractivity contribution in [2.45, 2.75) is 58.4 Å². The quantitative estimate of drug-likeness (QED) is 0.207. The Balaban J connectivity index is 1.30. The summed E-state index contributed by atoms with van der Waals surface area (Å²) in [5.74, 6) is -0.0405. The zero-order valence-corrected chi connectivity index (χ0v) is 23.4. The number of aliphatic hydroxyl groups is 1. The van der Waals surface area contributed by atoms with Crippen LogP contribution in [0.25, 0.3) is 21.9 Å². The van der Waals surface area contributed by atoms with Gasteiger partial charge in [-0.25, -0.2) is 0 Å². The first-order valence-electron chi connectivity index (χ1n) is 13.7. The molecule has 0 aliphatic heterocycles. The highest BCUT2D eigenvalue weighted by atomic mass is 16.5. The summed E-state index contributed by atoms with van der Waals surface area (Å²) in [7, 11) is 0. The van der Waals surface area contributed by atoms with Crippen LogP contribution in [0.5, 0.6) is 0 Å². The molecule has 1 amide bonds. The van der Waals surface area contributed by atoms with Gasteiger partial charge in [0.2, 0.25) is 5.91 Å². The van der Waals surface area contributed by atoms with E-state index in [2.05, 4.69) is 91.2 Å². The van der Waals surface area contributed by atoms with E-state index in [0.29, 0.717) is 13.1 Å². The Morgan fingerprint density at radius 3 is 2.31 bits per heavy atom. The molecule has 0 fully saturated rings. The molecule has 5 heteroatoms. The number of β-amino-alcohol motifs (C(OH)–C–C–N with tert-alkyl or cyclic N) is 1. The van der Waals surface area contributed by atoms with Gasteiger partial charge in [-0.15, -0.1) is 0 Å². The van der Waals surface area contributed by atoms with Crippen LogP contribution in [0, 0.1) is 0 Å². The molecule has 0 saturated heterocycles. The van der Waals surface area contributed by atoms with Crippen molar-refractivity contribution in [1.82, 2.24) is 10.6 Å². The highest BCUT2D eigenvalue weighted by Gasteiger charge is 2.20. The minimum Gasteiger partial charge on any atom is -0.389 e. The third-order valence-electron chi connectivity index (χ3n) is 7.02. The number of hydrogen-bond donors (Lipinski definition) is 3. The van der Waals surface area contributed by atoms with Gasteiger partial charge >= 0.3 is 0 Å². The van der Waals surface area contributed by atoms with E-state index in [0.717, 1.165) is 28.7 Å². The molecule has 5 nitrogen and oxygen atoms in total. The SMILES string of the molecule is CC(=O)NCc1ccc(-c2ccccc2[C@@H](C)OC[C@@H](O)CNC(C)(C)Cc2ccc3ccccc3c2)cc1. The van der Waals surface area contributed by atoms with Crippen LogP contribution in [0.2, 0.25) is 0 Å². The fraction of sp³-hybridized carbons (Fsp3) is 0.324. The number of hydrogen-bond acceptors (Lipinski definition) is 4. The van der Waals surface area contributed by atoms with Crippen molar-refractivity contribution in [2.24, 2.45) is 0 Å². The zero-order chi connectivity index (χ0) is 27.8. The van der Waals surface area contributed by atoms with Crippen LogP contribution >= 0.6 is 0 Å². The number of benzene rings is 4. The first-order chi connectivity index (χ1) is 18.7. The van der Waals surface area contributed by atoms with Crippen LogP contribution in [-0.2, 0) is 22.5 Å². The molecule has 4 aromatic rings. The third kappa shape index (κ3) is 8.24. The van der Waals surface area contributed by atoms with E-state index >= 15 is 0 Å². The summed E-state index contributed by atoms with van der Waals surface area (Å²) in [6.45, 7) is 9.07. The number of carbonyl (C=O) groups is 1. The Kier molecular flexibility index (Phi) is 9.52. The maximum absolute atomic E-state index is 11.2. The van der Waals surface area contributed by atoms with Crippen molar-refractivity contribution in [3.05, 3.63) is 108 Å². The maximum Gasteiger partial charge on any atom is 0.217 e. The molecule has 4 aromatic carbocycles. The highest BCUT2D eigenvalue weighted by molar-refractivity contribution is 5.83. The van der Waals surface area contributed by atoms with Crippen LogP contribution in [0.4, 0.5) is 0 Å². The smallest absolute Gasteiger partial charge is 0.217 e. The molecule has 0 bridgehead atoms. The number of aliphatic hydroxyl groups excluding tert-OH is 1. The molecule has 3 N–H and O–H groups in total. The van der Waals surface area contributed by atoms with Gasteiger partial charge in [-0.3, -0.25) is 4.79 Å². The second kappa shape index (κ2) is 13.0. The van der Waals surface area contributed by atoms with Crippen molar-refractivity contribution >= 4 is 16.7 Å². The summed E-state index contributed by atoms with van der Waals surface area (Å²) in [5.41, 5.74) is 5.41. The fourth-order valence-electron chi connectivity index (χ4n) is 4.86. The van der Waals surface area contributed by atoms with Gasteiger partial charge in [0.15, 0.2) is 0 Å². The minimum absolute atomic E-state index is 0.0405. The molecule has 0 radical (unpaired) electrons. The lowest BCUT2D eigenvalue weighted by atomic mass is 9.93. The largest absolute Gasteiger partial charge is 0.389 e. The highest BCUT2D eigenvalue weighted by Crippen LogP contribution is 2.30. The third-order valence-corrected chi connectivity index (χ3v) is 7.02. The number of carbonyl (C=O) groups excluding carboxylic acids is 1. The second-order valence-corrected chi connectivity index (χ2v) is 10.9. The summed E-state index contributed by atoms with van der Waals surface area (Å²) < 4.78 is 6.13. The number of rotatable bonds is 12. The molecular weight excluding hydrogens is 484 g/mol. The molecule has 0 spiro atoms. The van der Waals surface area contributed by atoms with Gasteiger partial charge < -0.3 is 20.5 Å². The van der Waals surface area contributed by atoms with Gasteiger partial charge in [0.05, 0.1) is 18.8 Å². The van der Waals surface area contributed by atoms with Crippen LogP contribution in [-0.4, -0.2) is 35.8 Å². The first-order valence-corrected chi connectivity index (χ1v) is 13.7. The fourth-order valence-corrected chi connectivity index (χ4v) is 4.86. The molecule has 0 aliphatic carbocycles. The first kappa shape index (κ1) is 28.5. The Morgan fingerprint density at radius 1 is 0.897 bits per heavy atom. The van der Waals surface area contributed by atoms with Gasteiger partial charge in [-0.1, -0.05) is 91.0 Å². The predicted molar refractivity (Wildman–Crippen MR) is 160 cm³/mol. The summed E-state index contributed by atoms with van der Waals surface area (Å²) in [5, 5.41) is 19.5. The predicted octanol–water partition coefficient (Wildman–Crippen LogP) is 6.19. The van der Waals surface area contributed by atoms with E-state index in [1.165, 1.54) is 23.3 Å².